The Kier molecular flexibility index (Phi) is 6.75. The molecule has 3 aromatic carbocycles. The van der Waals surface area contributed by atoms with E-state index in [0.29, 0.717) is 22.5 Å². The van der Waals surface area contributed by atoms with Crippen LogP contribution in [0.1, 0.15) is 44.7 Å². The zero-order valence-corrected chi connectivity index (χ0v) is 19.9. The van der Waals surface area contributed by atoms with Crippen LogP contribution in [-0.2, 0) is 0 Å². The normalized spacial score (nSPS) is 15.1. The summed E-state index contributed by atoms with van der Waals surface area (Å²) in [6.07, 6.45) is 2.00. The van der Waals surface area contributed by atoms with Gasteiger partial charge in [-0.05, 0) is 61.4 Å². The highest BCUT2D eigenvalue weighted by atomic mass is 16.2. The number of primary amides is 1. The van der Waals surface area contributed by atoms with Crippen molar-refractivity contribution in [2.75, 3.05) is 31.1 Å². The molecule has 0 bridgehead atoms. The van der Waals surface area contributed by atoms with Gasteiger partial charge < -0.3 is 16.4 Å². The average Bonchev–Trinajstić information content (AvgIpc) is 2.94. The zero-order valence-electron chi connectivity index (χ0n) is 19.9. The molecule has 5 rings (SSSR count). The molecule has 0 saturated heterocycles. The smallest absolute Gasteiger partial charge is 0.262 e. The van der Waals surface area contributed by atoms with Gasteiger partial charge >= 0.3 is 0 Å². The molecule has 0 saturated carbocycles. The molecule has 0 aromatic heterocycles. The first-order chi connectivity index (χ1) is 17.6. The minimum absolute atomic E-state index is 0.225. The van der Waals surface area contributed by atoms with Gasteiger partial charge in [0.25, 0.3) is 5.91 Å². The van der Waals surface area contributed by atoms with Crippen LogP contribution in [0, 0.1) is 0 Å². The standard InChI is InChI=1S/C28H28N6O2/c29-25(35)19-9-11-20(12-10-19)28(36)34(23-7-1-5-21(17-23)26-30-13-3-14-31-26)24-8-2-6-22(18-24)27-32-15-4-16-33-27/h1-2,5-12,17-18H,3-4,13-16H2,(H2,29,35)(H,30,31)(H,32,33). The number of nitrogens with two attached hydrogens (primary N) is 1. The van der Waals surface area contributed by atoms with Gasteiger partial charge in [-0.15, -0.1) is 0 Å². The van der Waals surface area contributed by atoms with Crippen LogP contribution < -0.4 is 21.3 Å². The number of aliphatic imine (C=N–C) groups is 2. The van der Waals surface area contributed by atoms with E-state index in [-0.39, 0.29) is 5.91 Å². The summed E-state index contributed by atoms with van der Waals surface area (Å²) in [5.41, 5.74) is 9.44. The molecule has 0 unspecified atom stereocenters. The Morgan fingerprint density at radius 3 is 1.67 bits per heavy atom. The van der Waals surface area contributed by atoms with Crippen molar-refractivity contribution in [2.24, 2.45) is 15.7 Å². The molecule has 36 heavy (non-hydrogen) atoms. The molecule has 2 aliphatic heterocycles. The van der Waals surface area contributed by atoms with Crippen LogP contribution >= 0.6 is 0 Å². The fourth-order valence-corrected chi connectivity index (χ4v) is 4.33. The molecule has 8 heteroatoms. The molecule has 0 spiro atoms. The van der Waals surface area contributed by atoms with Gasteiger partial charge in [-0.2, -0.15) is 0 Å². The Morgan fingerprint density at radius 1 is 0.722 bits per heavy atom. The van der Waals surface area contributed by atoms with Crippen molar-refractivity contribution in [1.82, 2.24) is 10.6 Å². The maximum absolute atomic E-state index is 13.9. The zero-order chi connectivity index (χ0) is 24.9. The highest BCUT2D eigenvalue weighted by Crippen LogP contribution is 2.30. The van der Waals surface area contributed by atoms with Gasteiger partial charge in [0, 0.05) is 59.8 Å². The lowest BCUT2D eigenvalue weighted by Crippen LogP contribution is -2.31. The Balaban J connectivity index is 1.58. The van der Waals surface area contributed by atoms with Gasteiger partial charge in [0.2, 0.25) is 5.91 Å². The fraction of sp³-hybridized carbons (Fsp3) is 0.214. The molecular weight excluding hydrogens is 452 g/mol. The van der Waals surface area contributed by atoms with Crippen LogP contribution in [0.25, 0.3) is 0 Å². The number of carbonyl (C=O) groups is 2. The number of hydrogen-bond acceptors (Lipinski definition) is 6. The van der Waals surface area contributed by atoms with Gasteiger partial charge in [-0.3, -0.25) is 24.5 Å². The molecule has 2 amide bonds. The van der Waals surface area contributed by atoms with Crippen molar-refractivity contribution < 1.29 is 9.59 Å². The molecule has 8 nitrogen and oxygen atoms in total. The van der Waals surface area contributed by atoms with Crippen LogP contribution in [0.2, 0.25) is 0 Å². The summed E-state index contributed by atoms with van der Waals surface area (Å²) in [6, 6.07) is 22.0. The van der Waals surface area contributed by atoms with Gasteiger partial charge in [0.15, 0.2) is 0 Å². The minimum atomic E-state index is -0.534. The predicted molar refractivity (Wildman–Crippen MR) is 142 cm³/mol. The van der Waals surface area contributed by atoms with Crippen molar-refractivity contribution in [3.8, 4) is 0 Å². The van der Waals surface area contributed by atoms with Gasteiger partial charge in [-0.1, -0.05) is 24.3 Å². The molecule has 2 aliphatic rings. The third-order valence-corrected chi connectivity index (χ3v) is 6.17. The van der Waals surface area contributed by atoms with E-state index >= 15 is 0 Å². The van der Waals surface area contributed by atoms with E-state index in [9.17, 15) is 9.59 Å². The van der Waals surface area contributed by atoms with E-state index in [4.69, 9.17) is 5.73 Å². The topological polar surface area (TPSA) is 112 Å². The Morgan fingerprint density at radius 2 is 1.22 bits per heavy atom. The summed E-state index contributed by atoms with van der Waals surface area (Å²) >= 11 is 0. The molecule has 0 atom stereocenters. The van der Waals surface area contributed by atoms with Crippen LogP contribution in [0.4, 0.5) is 11.4 Å². The van der Waals surface area contributed by atoms with Crippen LogP contribution in [-0.4, -0.2) is 49.7 Å². The molecule has 0 radical (unpaired) electrons. The summed E-state index contributed by atoms with van der Waals surface area (Å²) in [7, 11) is 0. The summed E-state index contributed by atoms with van der Waals surface area (Å²) in [5, 5.41) is 6.70. The molecule has 0 aliphatic carbocycles. The number of amides is 2. The number of anilines is 2. The van der Waals surface area contributed by atoms with Crippen molar-refractivity contribution in [3.63, 3.8) is 0 Å². The lowest BCUT2D eigenvalue weighted by molar-refractivity contribution is 0.0988. The van der Waals surface area contributed by atoms with Gasteiger partial charge in [0.1, 0.15) is 11.7 Å². The summed E-state index contributed by atoms with van der Waals surface area (Å²) in [6.45, 7) is 3.29. The molecule has 0 fully saturated rings. The number of amidine groups is 2. The van der Waals surface area contributed by atoms with Crippen LogP contribution in [0.3, 0.4) is 0 Å². The second kappa shape index (κ2) is 10.4. The summed E-state index contributed by atoms with van der Waals surface area (Å²) < 4.78 is 0. The Bertz CT molecular complexity index is 1280. The number of rotatable bonds is 6. The Labute approximate surface area is 209 Å². The van der Waals surface area contributed by atoms with E-state index in [1.807, 2.05) is 48.5 Å². The van der Waals surface area contributed by atoms with Crippen molar-refractivity contribution in [1.29, 1.82) is 0 Å². The number of benzene rings is 3. The Hall–Kier alpha value is -4.46. The van der Waals surface area contributed by atoms with E-state index in [2.05, 4.69) is 20.6 Å². The molecule has 3 aromatic rings. The van der Waals surface area contributed by atoms with E-state index < -0.39 is 5.91 Å². The second-order valence-corrected chi connectivity index (χ2v) is 8.70. The average molecular weight is 481 g/mol. The SMILES string of the molecule is NC(=O)c1ccc(C(=O)N(c2cccc(C3=NCCCN3)c2)c2cccc(C3=NCCCN3)c2)cc1. The van der Waals surface area contributed by atoms with Crippen LogP contribution in [0.5, 0.6) is 0 Å². The number of nitrogens with zero attached hydrogens (tertiary/aromatic N) is 3. The number of nitrogens with one attached hydrogen (secondary N) is 2. The van der Waals surface area contributed by atoms with E-state index in [1.54, 1.807) is 29.2 Å². The molecule has 182 valence electrons. The van der Waals surface area contributed by atoms with Crippen molar-refractivity contribution >= 4 is 34.9 Å². The molecule has 4 N–H and O–H groups in total. The predicted octanol–water partition coefficient (Wildman–Crippen LogP) is 3.24. The number of hydrogen-bond donors (Lipinski definition) is 3. The maximum atomic E-state index is 13.9. The quantitative estimate of drug-likeness (QED) is 0.503. The monoisotopic (exact) mass is 480 g/mol. The largest absolute Gasteiger partial charge is 0.370 e. The lowest BCUT2D eigenvalue weighted by atomic mass is 10.1. The molecule has 2 heterocycles. The van der Waals surface area contributed by atoms with Crippen molar-refractivity contribution in [3.05, 3.63) is 95.1 Å². The summed E-state index contributed by atoms with van der Waals surface area (Å²) in [4.78, 5) is 36.4. The third-order valence-electron chi connectivity index (χ3n) is 6.17. The van der Waals surface area contributed by atoms with Gasteiger partial charge in [-0.25, -0.2) is 0 Å². The highest BCUT2D eigenvalue weighted by molar-refractivity contribution is 6.12. The van der Waals surface area contributed by atoms with E-state index in [0.717, 1.165) is 61.8 Å². The first-order valence-electron chi connectivity index (χ1n) is 12.1. The summed E-state index contributed by atoms with van der Waals surface area (Å²) in [5.74, 6) is 0.900. The fourth-order valence-electron chi connectivity index (χ4n) is 4.33. The third kappa shape index (κ3) is 4.98. The first-order valence-corrected chi connectivity index (χ1v) is 12.1. The van der Waals surface area contributed by atoms with Crippen molar-refractivity contribution in [2.45, 2.75) is 12.8 Å². The first kappa shape index (κ1) is 23.3. The highest BCUT2D eigenvalue weighted by Gasteiger charge is 2.22. The van der Waals surface area contributed by atoms with E-state index in [1.165, 1.54) is 0 Å². The van der Waals surface area contributed by atoms with Gasteiger partial charge in [0.05, 0.1) is 0 Å². The van der Waals surface area contributed by atoms with Crippen LogP contribution in [0.15, 0.2) is 82.8 Å². The maximum Gasteiger partial charge on any atom is 0.262 e. The number of carbonyl (C=O) groups excluding carboxylic acids is 2. The molecular formula is C28H28N6O2. The lowest BCUT2D eigenvalue weighted by Gasteiger charge is -2.25. The second-order valence-electron chi connectivity index (χ2n) is 8.70. The minimum Gasteiger partial charge on any atom is -0.370 e.